The highest BCUT2D eigenvalue weighted by Gasteiger charge is 2.31. The highest BCUT2D eigenvalue weighted by Crippen LogP contribution is 2.22. The third kappa shape index (κ3) is 7.06. The Balaban J connectivity index is 2.40. The Hall–Kier alpha value is -2.39. The van der Waals surface area contributed by atoms with Crippen molar-refractivity contribution >= 4 is 43.5 Å². The zero-order valence-corrected chi connectivity index (χ0v) is 21.2. The lowest BCUT2D eigenvalue weighted by Gasteiger charge is -2.32. The molecule has 0 unspecified atom stereocenters. The van der Waals surface area contributed by atoms with E-state index < -0.39 is 28.5 Å². The third-order valence-electron chi connectivity index (χ3n) is 5.00. The Bertz CT molecular complexity index is 1020. The highest BCUT2D eigenvalue weighted by atomic mass is 79.9. The normalized spacial score (nSPS) is 12.2. The molecule has 0 heterocycles. The monoisotopic (exact) mass is 523 g/mol. The number of amides is 2. The molecule has 0 saturated heterocycles. The number of halogens is 1. The highest BCUT2D eigenvalue weighted by molar-refractivity contribution is 9.10. The number of likely N-dealkylation sites (N-methyl/N-ethyl adjacent to an activating group) is 1. The second kappa shape index (κ2) is 11.5. The van der Waals surface area contributed by atoms with E-state index in [0.29, 0.717) is 18.7 Å². The summed E-state index contributed by atoms with van der Waals surface area (Å²) in [6.45, 7) is 5.86. The van der Waals surface area contributed by atoms with Gasteiger partial charge in [-0.25, -0.2) is 8.42 Å². The number of sulfonamides is 1. The number of hydrogen-bond acceptors (Lipinski definition) is 4. The number of anilines is 1. The van der Waals surface area contributed by atoms with Crippen molar-refractivity contribution in [1.29, 1.82) is 0 Å². The van der Waals surface area contributed by atoms with Crippen LogP contribution in [0.4, 0.5) is 5.69 Å². The summed E-state index contributed by atoms with van der Waals surface area (Å²) in [7, 11) is -3.73. The number of nitrogens with one attached hydrogen (secondary N) is 1. The van der Waals surface area contributed by atoms with Crippen LogP contribution in [0.3, 0.4) is 0 Å². The number of carbonyl (C=O) groups is 2. The summed E-state index contributed by atoms with van der Waals surface area (Å²) in [5.74, 6) is -0.706. The number of benzene rings is 2. The summed E-state index contributed by atoms with van der Waals surface area (Å²) in [6, 6.07) is 13.7. The van der Waals surface area contributed by atoms with Crippen molar-refractivity contribution in [1.82, 2.24) is 10.2 Å². The van der Waals surface area contributed by atoms with Crippen LogP contribution in [0.5, 0.6) is 0 Å². The van der Waals surface area contributed by atoms with Crippen molar-refractivity contribution in [3.8, 4) is 0 Å². The summed E-state index contributed by atoms with van der Waals surface area (Å²) in [4.78, 5) is 27.6. The van der Waals surface area contributed by atoms with Crippen molar-refractivity contribution in [2.24, 2.45) is 0 Å². The van der Waals surface area contributed by atoms with Gasteiger partial charge >= 0.3 is 0 Å². The predicted molar refractivity (Wildman–Crippen MR) is 131 cm³/mol. The van der Waals surface area contributed by atoms with E-state index in [-0.39, 0.29) is 12.5 Å². The van der Waals surface area contributed by atoms with Gasteiger partial charge in [0.1, 0.15) is 12.6 Å². The van der Waals surface area contributed by atoms with Gasteiger partial charge in [-0.15, -0.1) is 0 Å². The van der Waals surface area contributed by atoms with Crippen LogP contribution in [0, 0.1) is 6.92 Å². The Morgan fingerprint density at radius 2 is 1.62 bits per heavy atom. The number of aryl methyl sites for hydroxylation is 1. The van der Waals surface area contributed by atoms with Gasteiger partial charge < -0.3 is 10.2 Å². The Labute approximate surface area is 199 Å². The molecule has 1 atom stereocenters. The Morgan fingerprint density at radius 1 is 1.03 bits per heavy atom. The van der Waals surface area contributed by atoms with Gasteiger partial charge in [-0.3, -0.25) is 13.9 Å². The molecule has 0 aliphatic carbocycles. The van der Waals surface area contributed by atoms with Crippen molar-refractivity contribution in [3.63, 3.8) is 0 Å². The van der Waals surface area contributed by atoms with Crippen LogP contribution in [0.2, 0.25) is 0 Å². The standard InChI is InChI=1S/C23H30BrN3O4S/c1-5-21(23(29)25-6-2)26(15-18-9-7-17(3)8-10-18)22(28)16-27(32(4,30)31)20-13-11-19(24)12-14-20/h7-14,21H,5-6,15-16H2,1-4H3,(H,25,29)/t21-/m0/s1. The maximum Gasteiger partial charge on any atom is 0.244 e. The average Bonchev–Trinajstić information content (AvgIpc) is 2.73. The van der Waals surface area contributed by atoms with E-state index >= 15 is 0 Å². The molecule has 9 heteroatoms. The molecular formula is C23H30BrN3O4S. The third-order valence-corrected chi connectivity index (χ3v) is 6.67. The van der Waals surface area contributed by atoms with E-state index in [1.165, 1.54) is 4.90 Å². The maximum absolute atomic E-state index is 13.5. The minimum atomic E-state index is -3.73. The van der Waals surface area contributed by atoms with Crippen molar-refractivity contribution in [2.75, 3.05) is 23.7 Å². The fraction of sp³-hybridized carbons (Fsp3) is 0.391. The quantitative estimate of drug-likeness (QED) is 0.516. The van der Waals surface area contributed by atoms with Crippen molar-refractivity contribution in [3.05, 3.63) is 64.1 Å². The molecule has 0 aliphatic heterocycles. The van der Waals surface area contributed by atoms with Crippen LogP contribution in [0.1, 0.15) is 31.4 Å². The molecule has 0 aromatic heterocycles. The number of nitrogens with zero attached hydrogens (tertiary/aromatic N) is 2. The second-order valence-electron chi connectivity index (χ2n) is 7.57. The van der Waals surface area contributed by atoms with Gasteiger partial charge in [-0.1, -0.05) is 52.7 Å². The van der Waals surface area contributed by atoms with Gasteiger partial charge in [-0.2, -0.15) is 0 Å². The summed E-state index contributed by atoms with van der Waals surface area (Å²) >= 11 is 3.33. The molecule has 2 amide bonds. The first-order valence-corrected chi connectivity index (χ1v) is 13.1. The maximum atomic E-state index is 13.5. The molecule has 2 aromatic carbocycles. The van der Waals surface area contributed by atoms with Crippen LogP contribution in [0.25, 0.3) is 0 Å². The van der Waals surface area contributed by atoms with Gasteiger partial charge in [-0.05, 0) is 50.1 Å². The summed E-state index contributed by atoms with van der Waals surface area (Å²) in [5, 5.41) is 2.78. The Kier molecular flexibility index (Phi) is 9.27. The molecule has 2 rings (SSSR count). The molecule has 0 spiro atoms. The molecule has 0 radical (unpaired) electrons. The SMILES string of the molecule is CCNC(=O)[C@H](CC)N(Cc1ccc(C)cc1)C(=O)CN(c1ccc(Br)cc1)S(C)(=O)=O. The molecule has 0 bridgehead atoms. The van der Waals surface area contributed by atoms with E-state index in [9.17, 15) is 18.0 Å². The minimum absolute atomic E-state index is 0.201. The fourth-order valence-corrected chi connectivity index (χ4v) is 4.44. The first-order valence-electron chi connectivity index (χ1n) is 10.4. The van der Waals surface area contributed by atoms with Gasteiger partial charge in [0.25, 0.3) is 0 Å². The molecule has 2 aromatic rings. The zero-order valence-electron chi connectivity index (χ0n) is 18.8. The van der Waals surface area contributed by atoms with Gasteiger partial charge in [0.05, 0.1) is 11.9 Å². The van der Waals surface area contributed by atoms with E-state index in [4.69, 9.17) is 0 Å². The molecular weight excluding hydrogens is 494 g/mol. The first kappa shape index (κ1) is 25.9. The number of rotatable bonds is 10. The van der Waals surface area contributed by atoms with Crippen molar-refractivity contribution < 1.29 is 18.0 Å². The van der Waals surface area contributed by atoms with Gasteiger partial charge in [0.15, 0.2) is 0 Å². The molecule has 1 N–H and O–H groups in total. The molecule has 7 nitrogen and oxygen atoms in total. The summed E-state index contributed by atoms with van der Waals surface area (Å²) in [5.41, 5.74) is 2.33. The number of hydrogen-bond donors (Lipinski definition) is 1. The first-order chi connectivity index (χ1) is 15.1. The Morgan fingerprint density at radius 3 is 2.12 bits per heavy atom. The lowest BCUT2D eigenvalue weighted by atomic mass is 10.1. The summed E-state index contributed by atoms with van der Waals surface area (Å²) in [6.07, 6.45) is 1.47. The average molecular weight is 524 g/mol. The van der Waals surface area contributed by atoms with Crippen LogP contribution >= 0.6 is 15.9 Å². The van der Waals surface area contributed by atoms with Crippen molar-refractivity contribution in [2.45, 2.75) is 39.8 Å². The van der Waals surface area contributed by atoms with E-state index in [2.05, 4.69) is 21.2 Å². The van der Waals surface area contributed by atoms with E-state index in [0.717, 1.165) is 26.2 Å². The topological polar surface area (TPSA) is 86.8 Å². The molecule has 0 saturated carbocycles. The largest absolute Gasteiger partial charge is 0.355 e. The molecule has 0 fully saturated rings. The molecule has 174 valence electrons. The smallest absolute Gasteiger partial charge is 0.244 e. The van der Waals surface area contributed by atoms with Gasteiger partial charge in [0.2, 0.25) is 21.8 Å². The van der Waals surface area contributed by atoms with E-state index in [1.54, 1.807) is 24.3 Å². The second-order valence-corrected chi connectivity index (χ2v) is 10.4. The predicted octanol–water partition coefficient (Wildman–Crippen LogP) is 3.47. The van der Waals surface area contributed by atoms with Crippen LogP contribution in [0.15, 0.2) is 53.0 Å². The lowest BCUT2D eigenvalue weighted by Crippen LogP contribution is -2.52. The summed E-state index contributed by atoms with van der Waals surface area (Å²) < 4.78 is 26.9. The molecule has 32 heavy (non-hydrogen) atoms. The zero-order chi connectivity index (χ0) is 23.9. The minimum Gasteiger partial charge on any atom is -0.355 e. The molecule has 0 aliphatic rings. The van der Waals surface area contributed by atoms with Crippen LogP contribution in [-0.4, -0.2) is 50.5 Å². The fourth-order valence-electron chi connectivity index (χ4n) is 3.32. The van der Waals surface area contributed by atoms with Crippen LogP contribution < -0.4 is 9.62 Å². The van der Waals surface area contributed by atoms with E-state index in [1.807, 2.05) is 45.0 Å². The van der Waals surface area contributed by atoms with Gasteiger partial charge in [0, 0.05) is 17.6 Å². The number of carbonyl (C=O) groups excluding carboxylic acids is 2. The van der Waals surface area contributed by atoms with Crippen LogP contribution in [-0.2, 0) is 26.2 Å². The lowest BCUT2D eigenvalue weighted by molar-refractivity contribution is -0.140.